The number of para-hydroxylation sites is 1. The van der Waals surface area contributed by atoms with Crippen molar-refractivity contribution < 1.29 is 32.5 Å². The minimum Gasteiger partial charge on any atom is -0.493 e. The lowest BCUT2D eigenvalue weighted by Gasteiger charge is -2.17. The highest BCUT2D eigenvalue weighted by molar-refractivity contribution is 7.90. The van der Waals surface area contributed by atoms with Crippen LogP contribution >= 0.6 is 0 Å². The Balaban J connectivity index is 1.52. The van der Waals surface area contributed by atoms with E-state index in [4.69, 9.17) is 14.2 Å². The molecule has 180 valence electrons. The Bertz CT molecular complexity index is 1170. The molecule has 0 fully saturated rings. The molecule has 1 atom stereocenters. The van der Waals surface area contributed by atoms with E-state index in [1.165, 1.54) is 14.2 Å². The summed E-state index contributed by atoms with van der Waals surface area (Å²) in [5.41, 5.74) is 0.917. The van der Waals surface area contributed by atoms with Crippen LogP contribution in [0.25, 0.3) is 0 Å². The molecule has 3 aromatic carbocycles. The summed E-state index contributed by atoms with van der Waals surface area (Å²) < 4.78 is 41.2. The van der Waals surface area contributed by atoms with Crippen LogP contribution in [0.4, 0.5) is 0 Å². The smallest absolute Gasteiger partial charge is 0.251 e. The number of sulfone groups is 1. The highest BCUT2D eigenvalue weighted by Gasteiger charge is 2.17. The fourth-order valence-corrected chi connectivity index (χ4v) is 4.56. The number of methoxy groups -OCH3 is 2. The van der Waals surface area contributed by atoms with Gasteiger partial charge in [0.05, 0.1) is 24.9 Å². The zero-order valence-electron chi connectivity index (χ0n) is 18.9. The molecule has 0 heterocycles. The summed E-state index contributed by atoms with van der Waals surface area (Å²) in [6.07, 6.45) is -0.978. The molecule has 0 radical (unpaired) electrons. The molecule has 3 rings (SSSR count). The topological polar surface area (TPSA) is 111 Å². The molecule has 0 saturated heterocycles. The predicted octanol–water partition coefficient (Wildman–Crippen LogP) is 2.85. The van der Waals surface area contributed by atoms with E-state index in [2.05, 4.69) is 5.32 Å². The minimum absolute atomic E-state index is 0.0412. The van der Waals surface area contributed by atoms with Gasteiger partial charge in [0.15, 0.2) is 21.3 Å². The molecule has 1 amide bonds. The van der Waals surface area contributed by atoms with Gasteiger partial charge in [-0.2, -0.15) is 0 Å². The van der Waals surface area contributed by atoms with Gasteiger partial charge in [0.25, 0.3) is 5.91 Å². The Labute approximate surface area is 199 Å². The predicted molar refractivity (Wildman–Crippen MR) is 127 cm³/mol. The molecule has 0 aromatic heterocycles. The van der Waals surface area contributed by atoms with Crippen molar-refractivity contribution in [2.45, 2.75) is 16.8 Å². The van der Waals surface area contributed by atoms with E-state index < -0.39 is 21.8 Å². The number of benzene rings is 3. The number of ether oxygens (including phenoxy) is 3. The van der Waals surface area contributed by atoms with Gasteiger partial charge in [0.1, 0.15) is 12.7 Å². The summed E-state index contributed by atoms with van der Waals surface area (Å²) >= 11 is 0. The lowest BCUT2D eigenvalue weighted by Crippen LogP contribution is -2.35. The summed E-state index contributed by atoms with van der Waals surface area (Å²) in [6, 6.07) is 19.7. The van der Waals surface area contributed by atoms with Crippen molar-refractivity contribution in [3.63, 3.8) is 0 Å². The monoisotopic (exact) mass is 485 g/mol. The summed E-state index contributed by atoms with van der Waals surface area (Å²) in [5, 5.41) is 12.9. The van der Waals surface area contributed by atoms with Gasteiger partial charge >= 0.3 is 0 Å². The van der Waals surface area contributed by atoms with Crippen LogP contribution in [0.3, 0.4) is 0 Å². The zero-order chi connectivity index (χ0) is 24.6. The summed E-state index contributed by atoms with van der Waals surface area (Å²) in [7, 11) is -0.471. The normalized spacial score (nSPS) is 12.0. The van der Waals surface area contributed by atoms with Gasteiger partial charge in [-0.05, 0) is 42.0 Å². The van der Waals surface area contributed by atoms with Crippen molar-refractivity contribution in [3.05, 3.63) is 83.9 Å². The van der Waals surface area contributed by atoms with E-state index in [1.807, 2.05) is 0 Å². The fraction of sp³-hybridized carbons (Fsp3) is 0.240. The number of hydrogen-bond acceptors (Lipinski definition) is 7. The SMILES string of the molecule is COc1cccc(OC)c1OCC(O)CNC(=O)c1ccc(CS(=O)(=O)c2ccccc2)cc1. The van der Waals surface area contributed by atoms with Crippen LogP contribution in [0, 0.1) is 0 Å². The average Bonchev–Trinajstić information content (AvgIpc) is 2.86. The van der Waals surface area contributed by atoms with Gasteiger partial charge in [-0.1, -0.05) is 36.4 Å². The average molecular weight is 486 g/mol. The Morgan fingerprint density at radius 1 is 0.912 bits per heavy atom. The highest BCUT2D eigenvalue weighted by Crippen LogP contribution is 2.36. The maximum absolute atomic E-state index is 12.5. The van der Waals surface area contributed by atoms with Gasteiger partial charge in [0, 0.05) is 12.1 Å². The number of amides is 1. The number of aliphatic hydroxyl groups is 1. The van der Waals surface area contributed by atoms with Crippen molar-refractivity contribution in [2.24, 2.45) is 0 Å². The molecule has 9 heteroatoms. The summed E-state index contributed by atoms with van der Waals surface area (Å²) in [5.74, 6) is 0.724. The maximum atomic E-state index is 12.5. The molecule has 0 aliphatic carbocycles. The van der Waals surface area contributed by atoms with Crippen molar-refractivity contribution in [3.8, 4) is 17.2 Å². The minimum atomic E-state index is -3.47. The van der Waals surface area contributed by atoms with E-state index in [0.717, 1.165) is 0 Å². The fourth-order valence-electron chi connectivity index (χ4n) is 3.19. The van der Waals surface area contributed by atoms with E-state index in [0.29, 0.717) is 28.4 Å². The molecular formula is C25H27NO7S. The van der Waals surface area contributed by atoms with E-state index in [9.17, 15) is 18.3 Å². The van der Waals surface area contributed by atoms with Crippen molar-refractivity contribution in [1.29, 1.82) is 0 Å². The van der Waals surface area contributed by atoms with Crippen LogP contribution in [-0.4, -0.2) is 52.9 Å². The number of nitrogens with one attached hydrogen (secondary N) is 1. The number of carbonyl (C=O) groups is 1. The molecular weight excluding hydrogens is 458 g/mol. The van der Waals surface area contributed by atoms with Crippen LogP contribution in [0.2, 0.25) is 0 Å². The second-order valence-electron chi connectivity index (χ2n) is 7.44. The van der Waals surface area contributed by atoms with E-state index in [-0.39, 0.29) is 23.8 Å². The first-order chi connectivity index (χ1) is 16.3. The number of aliphatic hydroxyl groups excluding tert-OH is 1. The molecule has 3 aromatic rings. The molecule has 2 N–H and O–H groups in total. The van der Waals surface area contributed by atoms with Crippen LogP contribution in [0.1, 0.15) is 15.9 Å². The molecule has 0 aliphatic rings. The van der Waals surface area contributed by atoms with Crippen molar-refractivity contribution in [2.75, 3.05) is 27.4 Å². The van der Waals surface area contributed by atoms with Gasteiger partial charge in [-0.15, -0.1) is 0 Å². The van der Waals surface area contributed by atoms with Crippen molar-refractivity contribution >= 4 is 15.7 Å². The first kappa shape index (κ1) is 25.1. The summed E-state index contributed by atoms with van der Waals surface area (Å²) in [4.78, 5) is 12.7. The Kier molecular flexibility index (Phi) is 8.50. The van der Waals surface area contributed by atoms with Gasteiger partial charge < -0.3 is 24.6 Å². The van der Waals surface area contributed by atoms with Gasteiger partial charge in [0.2, 0.25) is 5.75 Å². The second kappa shape index (κ2) is 11.5. The molecule has 0 bridgehead atoms. The van der Waals surface area contributed by atoms with E-state index in [1.54, 1.807) is 72.8 Å². The second-order valence-corrected chi connectivity index (χ2v) is 9.43. The maximum Gasteiger partial charge on any atom is 0.251 e. The third-order valence-electron chi connectivity index (χ3n) is 4.98. The number of hydrogen-bond donors (Lipinski definition) is 2. The van der Waals surface area contributed by atoms with Gasteiger partial charge in [-0.3, -0.25) is 4.79 Å². The van der Waals surface area contributed by atoms with Crippen molar-refractivity contribution in [1.82, 2.24) is 5.32 Å². The Morgan fingerprint density at radius 2 is 1.53 bits per heavy atom. The van der Waals surface area contributed by atoms with Crippen LogP contribution in [0.15, 0.2) is 77.7 Å². The quantitative estimate of drug-likeness (QED) is 0.430. The highest BCUT2D eigenvalue weighted by atomic mass is 32.2. The number of carbonyl (C=O) groups excluding carboxylic acids is 1. The molecule has 8 nitrogen and oxygen atoms in total. The molecule has 0 spiro atoms. The first-order valence-electron chi connectivity index (χ1n) is 10.5. The third kappa shape index (κ3) is 6.49. The van der Waals surface area contributed by atoms with Crippen LogP contribution < -0.4 is 19.5 Å². The largest absolute Gasteiger partial charge is 0.493 e. The molecule has 0 aliphatic heterocycles. The summed E-state index contributed by atoms with van der Waals surface area (Å²) in [6.45, 7) is -0.131. The standard InChI is InChI=1S/C25H27NO7S/c1-31-22-9-6-10-23(32-2)24(22)33-16-20(27)15-26-25(28)19-13-11-18(12-14-19)17-34(29,30)21-7-4-3-5-8-21/h3-14,20,27H,15-17H2,1-2H3,(H,26,28). The first-order valence-corrected chi connectivity index (χ1v) is 12.2. The van der Waals surface area contributed by atoms with Crippen LogP contribution in [-0.2, 0) is 15.6 Å². The lowest BCUT2D eigenvalue weighted by molar-refractivity contribution is 0.0833. The Hall–Kier alpha value is -3.56. The molecule has 0 saturated carbocycles. The molecule has 34 heavy (non-hydrogen) atoms. The molecule has 1 unspecified atom stereocenters. The van der Waals surface area contributed by atoms with Gasteiger partial charge in [-0.25, -0.2) is 8.42 Å². The van der Waals surface area contributed by atoms with Crippen LogP contribution in [0.5, 0.6) is 17.2 Å². The third-order valence-corrected chi connectivity index (χ3v) is 6.68. The van der Waals surface area contributed by atoms with E-state index >= 15 is 0 Å². The Morgan fingerprint density at radius 3 is 2.12 bits per heavy atom. The zero-order valence-corrected chi connectivity index (χ0v) is 19.7. The number of rotatable bonds is 11. The lowest BCUT2D eigenvalue weighted by atomic mass is 10.1.